The molecule has 106 valence electrons. The van der Waals surface area contributed by atoms with Gasteiger partial charge in [0.15, 0.2) is 0 Å². The molecule has 0 aliphatic heterocycles. The summed E-state index contributed by atoms with van der Waals surface area (Å²) in [5.74, 6) is 1.52. The van der Waals surface area contributed by atoms with E-state index in [0.29, 0.717) is 23.3 Å². The summed E-state index contributed by atoms with van der Waals surface area (Å²) in [6.07, 6.45) is 4.50. The average Bonchev–Trinajstić information content (AvgIpc) is 2.80. The fourth-order valence-electron chi connectivity index (χ4n) is 3.13. The molecule has 5 N–H and O–H groups in total. The molecule has 20 heavy (non-hydrogen) atoms. The third kappa shape index (κ3) is 2.48. The van der Waals surface area contributed by atoms with E-state index in [-0.39, 0.29) is 0 Å². The van der Waals surface area contributed by atoms with Gasteiger partial charge in [0.2, 0.25) is 0 Å². The Labute approximate surface area is 123 Å². The predicted octanol–water partition coefficient (Wildman–Crippen LogP) is 3.67. The van der Waals surface area contributed by atoms with E-state index >= 15 is 0 Å². The molecule has 1 aromatic carbocycles. The number of aromatic amines is 1. The highest BCUT2D eigenvalue weighted by Crippen LogP contribution is 2.42. The standard InChI is InChI=1S/C15H19ClN4/c16-12-7-5-10(6-8-12)9-1-3-11(4-2-9)14-13(17)15(18)20-19-14/h5-9,11H,1-4,17H2,(H3,18,19,20). The summed E-state index contributed by atoms with van der Waals surface area (Å²) in [6, 6.07) is 8.20. The first-order valence-corrected chi connectivity index (χ1v) is 7.37. The number of anilines is 2. The number of benzene rings is 1. The first kappa shape index (κ1) is 13.3. The van der Waals surface area contributed by atoms with Crippen molar-refractivity contribution in [3.05, 3.63) is 40.5 Å². The van der Waals surface area contributed by atoms with Crippen LogP contribution >= 0.6 is 11.6 Å². The zero-order valence-electron chi connectivity index (χ0n) is 11.3. The Bertz CT molecular complexity index is 582. The Balaban J connectivity index is 1.68. The van der Waals surface area contributed by atoms with Gasteiger partial charge in [-0.05, 0) is 49.3 Å². The molecule has 2 aromatic rings. The molecule has 1 aromatic heterocycles. The van der Waals surface area contributed by atoms with Crippen molar-refractivity contribution in [2.24, 2.45) is 0 Å². The highest BCUT2D eigenvalue weighted by Gasteiger charge is 2.26. The van der Waals surface area contributed by atoms with Crippen molar-refractivity contribution in [1.29, 1.82) is 0 Å². The molecule has 0 saturated heterocycles. The Kier molecular flexibility index (Phi) is 3.57. The van der Waals surface area contributed by atoms with E-state index in [0.717, 1.165) is 36.4 Å². The first-order valence-electron chi connectivity index (χ1n) is 7.00. The summed E-state index contributed by atoms with van der Waals surface area (Å²) < 4.78 is 0. The number of nitrogens with two attached hydrogens (primary N) is 2. The minimum atomic E-state index is 0.423. The number of nitrogens with zero attached hydrogens (tertiary/aromatic N) is 1. The quantitative estimate of drug-likeness (QED) is 0.789. The summed E-state index contributed by atoms with van der Waals surface area (Å²) in [5, 5.41) is 7.82. The van der Waals surface area contributed by atoms with Crippen LogP contribution in [-0.2, 0) is 0 Å². The normalized spacial score (nSPS) is 22.9. The van der Waals surface area contributed by atoms with Crippen LogP contribution in [0.15, 0.2) is 24.3 Å². The van der Waals surface area contributed by atoms with Gasteiger partial charge in [0.25, 0.3) is 0 Å². The van der Waals surface area contributed by atoms with Gasteiger partial charge >= 0.3 is 0 Å². The van der Waals surface area contributed by atoms with Crippen LogP contribution in [0.4, 0.5) is 11.5 Å². The van der Waals surface area contributed by atoms with Crippen molar-refractivity contribution >= 4 is 23.1 Å². The second-order valence-corrected chi connectivity index (χ2v) is 5.97. The van der Waals surface area contributed by atoms with Crippen LogP contribution in [0.2, 0.25) is 5.02 Å². The van der Waals surface area contributed by atoms with Crippen molar-refractivity contribution in [3.8, 4) is 0 Å². The SMILES string of the molecule is Nc1[nH]nc(C2CCC(c3ccc(Cl)cc3)CC2)c1N. The molecule has 0 radical (unpaired) electrons. The molecule has 1 aliphatic rings. The molecule has 1 saturated carbocycles. The molecule has 1 fully saturated rings. The number of aromatic nitrogens is 2. The minimum absolute atomic E-state index is 0.423. The molecule has 1 aliphatic carbocycles. The number of nitrogen functional groups attached to an aromatic ring is 2. The number of H-pyrrole nitrogens is 1. The molecule has 4 nitrogen and oxygen atoms in total. The summed E-state index contributed by atoms with van der Waals surface area (Å²) in [4.78, 5) is 0. The van der Waals surface area contributed by atoms with Crippen molar-refractivity contribution < 1.29 is 0 Å². The van der Waals surface area contributed by atoms with Crippen LogP contribution < -0.4 is 11.5 Å². The van der Waals surface area contributed by atoms with Gasteiger partial charge in [-0.15, -0.1) is 0 Å². The molecule has 0 amide bonds. The maximum Gasteiger partial charge on any atom is 0.142 e. The van der Waals surface area contributed by atoms with Gasteiger partial charge in [-0.25, -0.2) is 0 Å². The van der Waals surface area contributed by atoms with E-state index in [4.69, 9.17) is 23.1 Å². The highest BCUT2D eigenvalue weighted by molar-refractivity contribution is 6.30. The van der Waals surface area contributed by atoms with Gasteiger partial charge in [0, 0.05) is 10.9 Å². The summed E-state index contributed by atoms with van der Waals surface area (Å²) in [7, 11) is 0. The topological polar surface area (TPSA) is 80.7 Å². The lowest BCUT2D eigenvalue weighted by atomic mass is 9.77. The third-order valence-corrected chi connectivity index (χ3v) is 4.57. The molecule has 0 atom stereocenters. The van der Waals surface area contributed by atoms with Crippen LogP contribution in [-0.4, -0.2) is 10.2 Å². The van der Waals surface area contributed by atoms with Crippen molar-refractivity contribution in [1.82, 2.24) is 10.2 Å². The molecule has 1 heterocycles. The van der Waals surface area contributed by atoms with E-state index in [2.05, 4.69) is 22.3 Å². The van der Waals surface area contributed by atoms with Crippen LogP contribution in [0, 0.1) is 0 Å². The van der Waals surface area contributed by atoms with Crippen molar-refractivity contribution in [2.75, 3.05) is 11.5 Å². The first-order chi connectivity index (χ1) is 9.65. The zero-order valence-corrected chi connectivity index (χ0v) is 12.0. The molecule has 0 bridgehead atoms. The molecular formula is C15H19ClN4. The Morgan fingerprint density at radius 1 is 1.00 bits per heavy atom. The fraction of sp³-hybridized carbons (Fsp3) is 0.400. The number of hydrogen-bond donors (Lipinski definition) is 3. The lowest BCUT2D eigenvalue weighted by molar-refractivity contribution is 0.391. The Hall–Kier alpha value is -1.68. The number of halogens is 1. The van der Waals surface area contributed by atoms with Gasteiger partial charge in [-0.1, -0.05) is 23.7 Å². The molecular weight excluding hydrogens is 272 g/mol. The van der Waals surface area contributed by atoms with Crippen LogP contribution in [0.3, 0.4) is 0 Å². The van der Waals surface area contributed by atoms with Crippen molar-refractivity contribution in [3.63, 3.8) is 0 Å². The lowest BCUT2D eigenvalue weighted by Gasteiger charge is -2.28. The Morgan fingerprint density at radius 3 is 2.15 bits per heavy atom. The molecule has 0 spiro atoms. The maximum atomic E-state index is 5.96. The van der Waals surface area contributed by atoms with Gasteiger partial charge in [0.05, 0.1) is 11.4 Å². The number of rotatable bonds is 2. The van der Waals surface area contributed by atoms with Gasteiger partial charge < -0.3 is 11.5 Å². The molecule has 3 rings (SSSR count). The molecule has 0 unspecified atom stereocenters. The summed E-state index contributed by atoms with van der Waals surface area (Å²) >= 11 is 5.94. The second kappa shape index (κ2) is 5.37. The third-order valence-electron chi connectivity index (χ3n) is 4.32. The second-order valence-electron chi connectivity index (χ2n) is 5.54. The van der Waals surface area contributed by atoms with E-state index in [9.17, 15) is 0 Å². The zero-order chi connectivity index (χ0) is 14.1. The van der Waals surface area contributed by atoms with Gasteiger partial charge in [0.1, 0.15) is 5.82 Å². The van der Waals surface area contributed by atoms with E-state index in [1.54, 1.807) is 0 Å². The monoisotopic (exact) mass is 290 g/mol. The lowest BCUT2D eigenvalue weighted by Crippen LogP contribution is -2.13. The minimum Gasteiger partial charge on any atom is -0.394 e. The largest absolute Gasteiger partial charge is 0.394 e. The fourth-order valence-corrected chi connectivity index (χ4v) is 3.25. The van der Waals surface area contributed by atoms with Crippen LogP contribution in [0.1, 0.15) is 48.8 Å². The van der Waals surface area contributed by atoms with E-state index in [1.165, 1.54) is 5.56 Å². The maximum absolute atomic E-state index is 5.96. The summed E-state index contributed by atoms with van der Waals surface area (Å²) in [6.45, 7) is 0. The van der Waals surface area contributed by atoms with Crippen LogP contribution in [0.5, 0.6) is 0 Å². The van der Waals surface area contributed by atoms with E-state index in [1.807, 2.05) is 12.1 Å². The number of nitrogens with one attached hydrogen (secondary N) is 1. The Morgan fingerprint density at radius 2 is 1.60 bits per heavy atom. The average molecular weight is 291 g/mol. The van der Waals surface area contributed by atoms with Gasteiger partial charge in [-0.2, -0.15) is 5.10 Å². The van der Waals surface area contributed by atoms with E-state index < -0.39 is 0 Å². The smallest absolute Gasteiger partial charge is 0.142 e. The van der Waals surface area contributed by atoms with Crippen LogP contribution in [0.25, 0.3) is 0 Å². The summed E-state index contributed by atoms with van der Waals surface area (Å²) in [5.41, 5.74) is 14.6. The van der Waals surface area contributed by atoms with Crippen molar-refractivity contribution in [2.45, 2.75) is 37.5 Å². The van der Waals surface area contributed by atoms with Gasteiger partial charge in [-0.3, -0.25) is 5.10 Å². The number of hydrogen-bond acceptors (Lipinski definition) is 3. The molecule has 5 heteroatoms. The highest BCUT2D eigenvalue weighted by atomic mass is 35.5. The predicted molar refractivity (Wildman–Crippen MR) is 82.8 cm³/mol.